The van der Waals surface area contributed by atoms with Crippen LogP contribution in [0.25, 0.3) is 10.4 Å². The Morgan fingerprint density at radius 3 is 2.83 bits per heavy atom. The first-order valence-electron chi connectivity index (χ1n) is 7.53. The van der Waals surface area contributed by atoms with Crippen LogP contribution in [-0.4, -0.2) is 57.5 Å². The van der Waals surface area contributed by atoms with Crippen LogP contribution in [0.3, 0.4) is 0 Å². The molecule has 0 aliphatic carbocycles. The van der Waals surface area contributed by atoms with Gasteiger partial charge in [-0.3, -0.25) is 4.57 Å². The predicted octanol–water partition coefficient (Wildman–Crippen LogP) is 0.0702. The summed E-state index contributed by atoms with van der Waals surface area (Å²) in [7, 11) is 0. The van der Waals surface area contributed by atoms with Gasteiger partial charge < -0.3 is 19.8 Å². The molecule has 10 nitrogen and oxygen atoms in total. The van der Waals surface area contributed by atoms with Gasteiger partial charge in [-0.1, -0.05) is 5.11 Å². The minimum absolute atomic E-state index is 0.492. The van der Waals surface area contributed by atoms with Crippen molar-refractivity contribution in [2.75, 3.05) is 24.6 Å². The number of anilines is 1. The molecule has 0 bridgehead atoms. The van der Waals surface area contributed by atoms with Crippen LogP contribution in [0.4, 0.5) is 10.2 Å². The van der Waals surface area contributed by atoms with Crippen LogP contribution in [0, 0.1) is 0 Å². The van der Waals surface area contributed by atoms with Crippen LogP contribution in [-0.2, 0) is 4.74 Å². The number of aliphatic hydroxyl groups is 2. The monoisotopic (exact) mass is 340 g/mol. The standard InChI is InChI=1S/C13H17FN6O4/c14-9-10(22)13(7-21,17-18-15)24-11(9)20-6-3-8(16-12(20)23)19-4-1-2-5-19/h3,6,9-11,21-22H,1-2,4-5,7H2/t9-,10?,11+,13+/m0/s1. The van der Waals surface area contributed by atoms with Gasteiger partial charge in [0.05, 0.1) is 6.61 Å². The van der Waals surface area contributed by atoms with Gasteiger partial charge >= 0.3 is 5.69 Å². The Morgan fingerprint density at radius 2 is 2.25 bits per heavy atom. The first-order valence-corrected chi connectivity index (χ1v) is 7.53. The molecule has 0 amide bonds. The summed E-state index contributed by atoms with van der Waals surface area (Å²) in [5.74, 6) is 0.492. The molecule has 3 rings (SSSR count). The third kappa shape index (κ3) is 2.61. The summed E-state index contributed by atoms with van der Waals surface area (Å²) in [4.78, 5) is 20.6. The second-order valence-electron chi connectivity index (χ2n) is 5.76. The lowest BCUT2D eigenvalue weighted by Gasteiger charge is -2.23. The molecule has 4 atom stereocenters. The third-order valence-corrected chi connectivity index (χ3v) is 4.32. The van der Waals surface area contributed by atoms with Crippen molar-refractivity contribution in [3.05, 3.63) is 33.2 Å². The molecule has 1 aromatic rings. The number of hydrogen-bond acceptors (Lipinski definition) is 7. The summed E-state index contributed by atoms with van der Waals surface area (Å²) in [6, 6.07) is 1.56. The maximum absolute atomic E-state index is 14.4. The molecule has 0 aromatic carbocycles. The first kappa shape index (κ1) is 16.7. The predicted molar refractivity (Wildman–Crippen MR) is 79.9 cm³/mol. The molecule has 2 aliphatic heterocycles. The topological polar surface area (TPSA) is 137 Å². The maximum Gasteiger partial charge on any atom is 0.351 e. The van der Waals surface area contributed by atoms with E-state index in [1.54, 1.807) is 6.07 Å². The molecule has 1 unspecified atom stereocenters. The smallest absolute Gasteiger partial charge is 0.351 e. The van der Waals surface area contributed by atoms with Crippen LogP contribution in [0.2, 0.25) is 0 Å². The summed E-state index contributed by atoms with van der Waals surface area (Å²) in [6.45, 7) is 0.667. The van der Waals surface area contributed by atoms with Gasteiger partial charge in [-0.05, 0) is 24.4 Å². The minimum Gasteiger partial charge on any atom is -0.393 e. The van der Waals surface area contributed by atoms with Gasteiger partial charge in [0.1, 0.15) is 11.9 Å². The second kappa shape index (κ2) is 6.36. The highest BCUT2D eigenvalue weighted by atomic mass is 19.1. The van der Waals surface area contributed by atoms with Crippen LogP contribution < -0.4 is 10.6 Å². The normalized spacial score (nSPS) is 32.8. The van der Waals surface area contributed by atoms with Gasteiger partial charge in [0.15, 0.2) is 12.4 Å². The summed E-state index contributed by atoms with van der Waals surface area (Å²) in [6.07, 6.45) is -2.18. The van der Waals surface area contributed by atoms with Crippen LogP contribution in [0.5, 0.6) is 0 Å². The zero-order chi connectivity index (χ0) is 17.3. The minimum atomic E-state index is -2.17. The Kier molecular flexibility index (Phi) is 4.41. The molecule has 2 N–H and O–H groups in total. The number of halogens is 1. The van der Waals surface area contributed by atoms with Gasteiger partial charge in [0, 0.05) is 24.2 Å². The largest absolute Gasteiger partial charge is 0.393 e. The van der Waals surface area contributed by atoms with Crippen LogP contribution in [0.1, 0.15) is 19.1 Å². The average molecular weight is 340 g/mol. The van der Waals surface area contributed by atoms with Crippen molar-refractivity contribution in [3.8, 4) is 0 Å². The van der Waals surface area contributed by atoms with E-state index in [4.69, 9.17) is 10.3 Å². The zero-order valence-corrected chi connectivity index (χ0v) is 12.7. The Bertz CT molecular complexity index is 717. The van der Waals surface area contributed by atoms with Crippen LogP contribution in [0.15, 0.2) is 22.2 Å². The SMILES string of the molecule is [N-]=[N+]=N[C@]1(CO)O[C@@H](n2ccc(N3CCCC3)nc2=O)[C@@H](F)C1O. The van der Waals surface area contributed by atoms with E-state index < -0.39 is 36.5 Å². The summed E-state index contributed by atoms with van der Waals surface area (Å²) in [5.41, 5.74) is 5.61. The van der Waals surface area contributed by atoms with Gasteiger partial charge in [-0.15, -0.1) is 0 Å². The number of azide groups is 1. The molecule has 0 radical (unpaired) electrons. The number of nitrogens with zero attached hydrogens (tertiary/aromatic N) is 6. The molecular weight excluding hydrogens is 323 g/mol. The van der Waals surface area contributed by atoms with E-state index in [0.717, 1.165) is 30.5 Å². The number of ether oxygens (including phenoxy) is 1. The van der Waals surface area contributed by atoms with E-state index in [1.165, 1.54) is 6.20 Å². The van der Waals surface area contributed by atoms with Gasteiger partial charge in [-0.25, -0.2) is 9.18 Å². The Balaban J connectivity index is 1.91. The zero-order valence-electron chi connectivity index (χ0n) is 12.7. The molecule has 24 heavy (non-hydrogen) atoms. The van der Waals surface area contributed by atoms with Crippen molar-refractivity contribution in [2.45, 2.75) is 37.1 Å². The van der Waals surface area contributed by atoms with Crippen molar-refractivity contribution >= 4 is 5.82 Å². The van der Waals surface area contributed by atoms with Gasteiger partial charge in [0.25, 0.3) is 0 Å². The van der Waals surface area contributed by atoms with Crippen molar-refractivity contribution < 1.29 is 19.3 Å². The Morgan fingerprint density at radius 1 is 1.54 bits per heavy atom. The fraction of sp³-hybridized carbons (Fsp3) is 0.692. The van der Waals surface area contributed by atoms with E-state index in [9.17, 15) is 19.4 Å². The van der Waals surface area contributed by atoms with Gasteiger partial charge in [-0.2, -0.15) is 4.98 Å². The summed E-state index contributed by atoms with van der Waals surface area (Å²) >= 11 is 0. The molecule has 130 valence electrons. The Labute approximate surface area is 135 Å². The molecule has 2 aliphatic rings. The summed E-state index contributed by atoms with van der Waals surface area (Å²) in [5, 5.41) is 22.4. The molecule has 11 heteroatoms. The molecule has 2 fully saturated rings. The number of aliphatic hydroxyl groups excluding tert-OH is 2. The van der Waals surface area contributed by atoms with E-state index in [2.05, 4.69) is 15.0 Å². The second-order valence-corrected chi connectivity index (χ2v) is 5.76. The van der Waals surface area contributed by atoms with E-state index >= 15 is 0 Å². The van der Waals surface area contributed by atoms with Crippen molar-refractivity contribution in [3.63, 3.8) is 0 Å². The third-order valence-electron chi connectivity index (χ3n) is 4.32. The lowest BCUT2D eigenvalue weighted by atomic mass is 10.1. The summed E-state index contributed by atoms with van der Waals surface area (Å²) < 4.78 is 20.5. The number of aromatic nitrogens is 2. The lowest BCUT2D eigenvalue weighted by molar-refractivity contribution is -0.124. The fourth-order valence-corrected chi connectivity index (χ4v) is 3.00. The van der Waals surface area contributed by atoms with Crippen molar-refractivity contribution in [1.29, 1.82) is 0 Å². The molecule has 1 aromatic heterocycles. The molecule has 0 spiro atoms. The number of hydrogen-bond donors (Lipinski definition) is 2. The quantitative estimate of drug-likeness (QED) is 0.452. The average Bonchev–Trinajstić information content (AvgIpc) is 3.19. The molecule has 2 saturated heterocycles. The van der Waals surface area contributed by atoms with E-state index in [1.807, 2.05) is 4.90 Å². The van der Waals surface area contributed by atoms with E-state index in [0.29, 0.717) is 5.82 Å². The lowest BCUT2D eigenvalue weighted by Crippen LogP contribution is -2.43. The van der Waals surface area contributed by atoms with Crippen molar-refractivity contribution in [1.82, 2.24) is 9.55 Å². The molecule has 0 saturated carbocycles. The molecule has 3 heterocycles. The van der Waals surface area contributed by atoms with Gasteiger partial charge in [0.2, 0.25) is 5.72 Å². The van der Waals surface area contributed by atoms with Crippen LogP contribution >= 0.6 is 0 Å². The van der Waals surface area contributed by atoms with Crippen molar-refractivity contribution in [2.24, 2.45) is 5.11 Å². The highest BCUT2D eigenvalue weighted by Crippen LogP contribution is 2.39. The van der Waals surface area contributed by atoms with E-state index in [-0.39, 0.29) is 0 Å². The Hall–Kier alpha value is -2.20. The fourth-order valence-electron chi connectivity index (χ4n) is 3.00. The maximum atomic E-state index is 14.4. The number of alkyl halides is 1. The first-order chi connectivity index (χ1) is 11.5. The number of rotatable bonds is 4. The highest BCUT2D eigenvalue weighted by molar-refractivity contribution is 5.37. The highest BCUT2D eigenvalue weighted by Gasteiger charge is 2.56. The molecular formula is C13H17FN6O4.